The molecule has 0 N–H and O–H groups in total. The highest BCUT2D eigenvalue weighted by atomic mass is 15.2. The van der Waals surface area contributed by atoms with Crippen molar-refractivity contribution in [1.29, 1.82) is 0 Å². The van der Waals surface area contributed by atoms with Crippen LogP contribution in [0.25, 0.3) is 0 Å². The number of allylic oxidation sites excluding steroid dienone is 2. The van der Waals surface area contributed by atoms with Gasteiger partial charge < -0.3 is 4.57 Å². The van der Waals surface area contributed by atoms with Gasteiger partial charge in [-0.2, -0.15) is 0 Å². The zero-order chi connectivity index (χ0) is 26.3. The molecule has 5 aliphatic rings. The molecule has 0 radical (unpaired) electrons. The fraction of sp³-hybridized carbons (Fsp3) is 0.758. The lowest BCUT2D eigenvalue weighted by Crippen LogP contribution is -2.39. The Balaban J connectivity index is 0.000000127. The Morgan fingerprint density at radius 1 is 0.611 bits per heavy atom. The first-order valence-corrected chi connectivity index (χ1v) is 14.8. The molecule has 3 aliphatic carbocycles. The van der Waals surface area contributed by atoms with E-state index >= 15 is 0 Å². The van der Waals surface area contributed by atoms with Gasteiger partial charge in [0, 0.05) is 55.2 Å². The Kier molecular flexibility index (Phi) is 8.04. The van der Waals surface area contributed by atoms with Crippen molar-refractivity contribution in [2.24, 2.45) is 11.8 Å². The number of likely N-dealkylation sites (tertiary alicyclic amines) is 2. The van der Waals surface area contributed by atoms with Gasteiger partial charge in [-0.05, 0) is 135 Å². The summed E-state index contributed by atoms with van der Waals surface area (Å²) in [5.41, 5.74) is 7.28. The predicted octanol–water partition coefficient (Wildman–Crippen LogP) is 7.61. The minimum Gasteiger partial charge on any atom is -0.349 e. The van der Waals surface area contributed by atoms with Crippen LogP contribution in [0.4, 0.5) is 0 Å². The Hall–Kier alpha value is -1.32. The second kappa shape index (κ2) is 10.4. The lowest BCUT2D eigenvalue weighted by atomic mass is 10.0. The molecule has 0 bridgehead atoms. The highest BCUT2D eigenvalue weighted by Gasteiger charge is 2.39. The molecule has 3 heterocycles. The number of aromatic nitrogens is 1. The normalized spacial score (nSPS) is 25.9. The third-order valence-electron chi connectivity index (χ3n) is 9.16. The molecule has 1 aromatic heterocycles. The van der Waals surface area contributed by atoms with Gasteiger partial charge in [-0.1, -0.05) is 18.6 Å². The predicted molar refractivity (Wildman–Crippen MR) is 156 cm³/mol. The van der Waals surface area contributed by atoms with Crippen LogP contribution >= 0.6 is 0 Å². The molecular formula is C33H55N3. The molecule has 1 aromatic rings. The van der Waals surface area contributed by atoms with Gasteiger partial charge in [0.25, 0.3) is 0 Å². The van der Waals surface area contributed by atoms with Crippen molar-refractivity contribution in [2.45, 2.75) is 124 Å². The number of hydrogen-bond acceptors (Lipinski definition) is 2. The number of rotatable bonds is 0. The lowest BCUT2D eigenvalue weighted by Gasteiger charge is -2.32. The largest absolute Gasteiger partial charge is 0.349 e. The topological polar surface area (TPSA) is 11.4 Å². The summed E-state index contributed by atoms with van der Waals surface area (Å²) in [5.74, 6) is 2.09. The van der Waals surface area contributed by atoms with Crippen LogP contribution in [0.2, 0.25) is 0 Å². The van der Waals surface area contributed by atoms with Gasteiger partial charge in [0.2, 0.25) is 0 Å². The molecule has 3 nitrogen and oxygen atoms in total. The summed E-state index contributed by atoms with van der Waals surface area (Å²) in [6.45, 7) is 25.7. The summed E-state index contributed by atoms with van der Waals surface area (Å²) in [6.07, 6.45) is 19.0. The zero-order valence-corrected chi connectivity index (χ0v) is 25.1. The van der Waals surface area contributed by atoms with Gasteiger partial charge in [-0.15, -0.1) is 0 Å². The maximum absolute atomic E-state index is 2.67. The number of fused-ring (bicyclic) bond motifs is 3. The maximum atomic E-state index is 2.67. The molecule has 1 saturated carbocycles. The van der Waals surface area contributed by atoms with Gasteiger partial charge in [-0.25, -0.2) is 0 Å². The van der Waals surface area contributed by atoms with Gasteiger partial charge in [-0.3, -0.25) is 9.80 Å². The SMILES string of the molecule is CC(C)(C)N1CC2=CCC=C2C1.CC(C)(C)N1CC2CCCC2C1.CC(C)(C)n1cc2c(c1)CCC2. The van der Waals surface area contributed by atoms with Crippen LogP contribution in [0, 0.1) is 11.8 Å². The molecule has 202 valence electrons. The second-order valence-electron chi connectivity index (χ2n) is 15.0. The lowest BCUT2D eigenvalue weighted by molar-refractivity contribution is 0.161. The minimum atomic E-state index is 0.254. The van der Waals surface area contributed by atoms with Crippen LogP contribution in [0.5, 0.6) is 0 Å². The third-order valence-corrected chi connectivity index (χ3v) is 9.16. The Bertz CT molecular complexity index is 903. The fourth-order valence-electron chi connectivity index (χ4n) is 6.51. The molecular weight excluding hydrogens is 438 g/mol. The average Bonchev–Trinajstić information content (AvgIpc) is 3.54. The van der Waals surface area contributed by atoms with Crippen LogP contribution < -0.4 is 0 Å². The average molecular weight is 494 g/mol. The van der Waals surface area contributed by atoms with Crippen molar-refractivity contribution < 1.29 is 0 Å². The van der Waals surface area contributed by atoms with Crippen molar-refractivity contribution in [1.82, 2.24) is 14.4 Å². The van der Waals surface area contributed by atoms with Crippen molar-refractivity contribution in [3.05, 3.63) is 46.8 Å². The summed E-state index contributed by atoms with van der Waals surface area (Å²) >= 11 is 0. The quantitative estimate of drug-likeness (QED) is 0.368. The Labute approximate surface area is 223 Å². The van der Waals surface area contributed by atoms with Crippen LogP contribution in [0.3, 0.4) is 0 Å². The van der Waals surface area contributed by atoms with Crippen molar-refractivity contribution >= 4 is 0 Å². The van der Waals surface area contributed by atoms with E-state index in [-0.39, 0.29) is 5.54 Å². The number of hydrogen-bond donors (Lipinski definition) is 0. The molecule has 0 spiro atoms. The number of aryl methyl sites for hydroxylation is 2. The van der Waals surface area contributed by atoms with Crippen LogP contribution in [-0.2, 0) is 18.4 Å². The van der Waals surface area contributed by atoms with E-state index in [1.807, 2.05) is 0 Å². The van der Waals surface area contributed by atoms with Crippen LogP contribution in [0.15, 0.2) is 35.7 Å². The molecule has 0 amide bonds. The van der Waals surface area contributed by atoms with Crippen LogP contribution in [-0.4, -0.2) is 51.6 Å². The standard InChI is InChI=1S/C11H21N.2C11H17N/c3*1-11(2,3)12-7-9-5-4-6-10(9)8-12/h9-10H,4-8H2,1-3H3;7-8H,4-6H2,1-3H3;5-6H,4,7-8H2,1-3H3. The van der Waals surface area contributed by atoms with Gasteiger partial charge in [0.15, 0.2) is 0 Å². The fourth-order valence-corrected chi connectivity index (χ4v) is 6.51. The maximum Gasteiger partial charge on any atom is 0.0355 e. The molecule has 36 heavy (non-hydrogen) atoms. The third kappa shape index (κ3) is 6.57. The van der Waals surface area contributed by atoms with Crippen molar-refractivity contribution in [2.75, 3.05) is 26.2 Å². The first kappa shape index (κ1) is 27.7. The van der Waals surface area contributed by atoms with E-state index < -0.39 is 0 Å². The van der Waals surface area contributed by atoms with E-state index in [9.17, 15) is 0 Å². The highest BCUT2D eigenvalue weighted by molar-refractivity contribution is 5.43. The van der Waals surface area contributed by atoms with E-state index in [0.717, 1.165) is 24.9 Å². The van der Waals surface area contributed by atoms with Gasteiger partial charge in [0.05, 0.1) is 0 Å². The molecule has 6 rings (SSSR count). The minimum absolute atomic E-state index is 0.254. The monoisotopic (exact) mass is 493 g/mol. The summed E-state index contributed by atoms with van der Waals surface area (Å²) < 4.78 is 2.34. The number of nitrogens with zero attached hydrogens (tertiary/aromatic N) is 3. The molecule has 3 fully saturated rings. The summed E-state index contributed by atoms with van der Waals surface area (Å²) in [7, 11) is 0. The van der Waals surface area contributed by atoms with Crippen LogP contribution in [0.1, 0.15) is 106 Å². The van der Waals surface area contributed by atoms with E-state index in [1.54, 1.807) is 22.3 Å². The molecule has 2 saturated heterocycles. The molecule has 3 heteroatoms. The summed E-state index contributed by atoms with van der Waals surface area (Å²) in [4.78, 5) is 5.20. The van der Waals surface area contributed by atoms with Crippen molar-refractivity contribution in [3.8, 4) is 0 Å². The van der Waals surface area contributed by atoms with E-state index in [0.29, 0.717) is 11.1 Å². The molecule has 2 unspecified atom stereocenters. The zero-order valence-electron chi connectivity index (χ0n) is 25.1. The molecule has 2 aliphatic heterocycles. The molecule has 0 aromatic carbocycles. The summed E-state index contributed by atoms with van der Waals surface area (Å²) in [6, 6.07) is 0. The molecule has 2 atom stereocenters. The smallest absolute Gasteiger partial charge is 0.0355 e. The highest BCUT2D eigenvalue weighted by Crippen LogP contribution is 2.40. The summed E-state index contributed by atoms with van der Waals surface area (Å²) in [5, 5.41) is 0. The van der Waals surface area contributed by atoms with E-state index in [4.69, 9.17) is 0 Å². The van der Waals surface area contributed by atoms with Crippen molar-refractivity contribution in [3.63, 3.8) is 0 Å². The second-order valence-corrected chi connectivity index (χ2v) is 15.0. The first-order valence-electron chi connectivity index (χ1n) is 14.8. The Morgan fingerprint density at radius 2 is 1.08 bits per heavy atom. The van der Waals surface area contributed by atoms with Gasteiger partial charge in [0.1, 0.15) is 0 Å². The first-order chi connectivity index (χ1) is 16.7. The van der Waals surface area contributed by atoms with E-state index in [1.165, 1.54) is 58.0 Å². The Morgan fingerprint density at radius 3 is 1.50 bits per heavy atom. The van der Waals surface area contributed by atoms with E-state index in [2.05, 4.69) is 101 Å². The van der Waals surface area contributed by atoms with Gasteiger partial charge >= 0.3 is 0 Å².